The second-order valence-corrected chi connectivity index (χ2v) is 6.48. The van der Waals surface area contributed by atoms with Crippen LogP contribution in [0.15, 0.2) is 30.4 Å². The average Bonchev–Trinajstić information content (AvgIpc) is 2.91. The minimum Gasteiger partial charge on any atom is -0.347 e. The highest BCUT2D eigenvalue weighted by molar-refractivity contribution is 6.07. The molecule has 1 fully saturated rings. The van der Waals surface area contributed by atoms with Crippen molar-refractivity contribution in [1.29, 1.82) is 0 Å². The Hall–Kier alpha value is -2.59. The van der Waals surface area contributed by atoms with Gasteiger partial charge in [0.05, 0.1) is 17.7 Å². The van der Waals surface area contributed by atoms with E-state index in [2.05, 4.69) is 32.9 Å². The molecular weight excluding hydrogens is 292 g/mol. The van der Waals surface area contributed by atoms with Gasteiger partial charge >= 0.3 is 0 Å². The number of hydrogen-bond acceptors (Lipinski definition) is 3. The molecule has 2 heterocycles. The number of hydrogen-bond donors (Lipinski definition) is 3. The Labute approximate surface area is 135 Å². The molecule has 0 spiro atoms. The highest BCUT2D eigenvalue weighted by Gasteiger charge is 2.32. The maximum atomic E-state index is 12.2. The fraction of sp³-hybridized carbons (Fsp3) is 0.412. The number of imidazole rings is 1. The van der Waals surface area contributed by atoms with Gasteiger partial charge in [-0.25, -0.2) is 4.98 Å². The zero-order chi connectivity index (χ0) is 17.2. The molecule has 0 unspecified atom stereocenters. The molecule has 1 aromatic rings. The first-order valence-corrected chi connectivity index (χ1v) is 7.50. The molecule has 2 amide bonds. The van der Waals surface area contributed by atoms with Crippen LogP contribution in [0.1, 0.15) is 39.1 Å². The molecule has 3 N–H and O–H groups in total. The van der Waals surface area contributed by atoms with E-state index in [9.17, 15) is 9.59 Å². The van der Waals surface area contributed by atoms with Crippen LogP contribution in [-0.4, -0.2) is 27.8 Å². The maximum absolute atomic E-state index is 12.2. The highest BCUT2D eigenvalue weighted by atomic mass is 16.2. The van der Waals surface area contributed by atoms with Gasteiger partial charge in [0.15, 0.2) is 0 Å². The first-order valence-electron chi connectivity index (χ1n) is 7.50. The Morgan fingerprint density at radius 3 is 2.70 bits per heavy atom. The molecule has 0 aromatic carbocycles. The molecule has 6 nitrogen and oxygen atoms in total. The average molecular weight is 314 g/mol. The SMILES string of the molecule is C=C=CC(C)(C)c1[nH]cnc1/C=C1\NC(=O)[C@H](C(C)C)NC1=O. The molecular formula is C17H22N4O2. The number of amides is 2. The quantitative estimate of drug-likeness (QED) is 0.583. The van der Waals surface area contributed by atoms with Crippen LogP contribution in [0.5, 0.6) is 0 Å². The fourth-order valence-electron chi connectivity index (χ4n) is 2.52. The van der Waals surface area contributed by atoms with Crippen LogP contribution >= 0.6 is 0 Å². The summed E-state index contributed by atoms with van der Waals surface area (Å²) < 4.78 is 0. The zero-order valence-electron chi connectivity index (χ0n) is 13.9. The number of aromatic nitrogens is 2. The van der Waals surface area contributed by atoms with E-state index in [0.717, 1.165) is 5.69 Å². The van der Waals surface area contributed by atoms with Gasteiger partial charge in [0.1, 0.15) is 11.7 Å². The van der Waals surface area contributed by atoms with E-state index < -0.39 is 6.04 Å². The fourth-order valence-corrected chi connectivity index (χ4v) is 2.52. The van der Waals surface area contributed by atoms with E-state index in [1.165, 1.54) is 0 Å². The number of carbonyl (C=O) groups excluding carboxylic acids is 2. The number of H-pyrrole nitrogens is 1. The summed E-state index contributed by atoms with van der Waals surface area (Å²) in [5, 5.41) is 5.39. The second kappa shape index (κ2) is 6.26. The predicted molar refractivity (Wildman–Crippen MR) is 88.2 cm³/mol. The van der Waals surface area contributed by atoms with Gasteiger partial charge in [-0.05, 0) is 18.1 Å². The Bertz CT molecular complexity index is 706. The van der Waals surface area contributed by atoms with Crippen molar-refractivity contribution in [3.05, 3.63) is 41.8 Å². The van der Waals surface area contributed by atoms with Gasteiger partial charge in [-0.1, -0.05) is 34.3 Å². The van der Waals surface area contributed by atoms with E-state index in [-0.39, 0.29) is 28.8 Å². The van der Waals surface area contributed by atoms with Crippen LogP contribution in [0, 0.1) is 5.92 Å². The van der Waals surface area contributed by atoms with Crippen LogP contribution in [-0.2, 0) is 15.0 Å². The van der Waals surface area contributed by atoms with Gasteiger partial charge in [0.2, 0.25) is 5.91 Å². The Kier molecular flexibility index (Phi) is 4.57. The summed E-state index contributed by atoms with van der Waals surface area (Å²) in [6.07, 6.45) is 4.95. The van der Waals surface area contributed by atoms with Crippen molar-refractivity contribution in [3.8, 4) is 0 Å². The van der Waals surface area contributed by atoms with Crippen molar-refractivity contribution < 1.29 is 9.59 Å². The van der Waals surface area contributed by atoms with E-state index in [0.29, 0.717) is 5.69 Å². The lowest BCUT2D eigenvalue weighted by Crippen LogP contribution is -2.56. The van der Waals surface area contributed by atoms with Crippen LogP contribution in [0.4, 0.5) is 0 Å². The number of aromatic amines is 1. The predicted octanol–water partition coefficient (Wildman–Crippen LogP) is 1.64. The summed E-state index contributed by atoms with van der Waals surface area (Å²) in [4.78, 5) is 31.6. The summed E-state index contributed by atoms with van der Waals surface area (Å²) in [7, 11) is 0. The second-order valence-electron chi connectivity index (χ2n) is 6.48. The van der Waals surface area contributed by atoms with Gasteiger partial charge in [-0.2, -0.15) is 0 Å². The van der Waals surface area contributed by atoms with Crippen molar-refractivity contribution in [3.63, 3.8) is 0 Å². The third-order valence-corrected chi connectivity index (χ3v) is 3.80. The topological polar surface area (TPSA) is 86.9 Å². The summed E-state index contributed by atoms with van der Waals surface area (Å²) >= 11 is 0. The number of rotatable bonds is 4. The molecule has 0 bridgehead atoms. The third kappa shape index (κ3) is 3.43. The minimum atomic E-state index is -0.515. The first-order chi connectivity index (χ1) is 10.8. The molecule has 1 aromatic heterocycles. The molecule has 1 atom stereocenters. The number of piperazine rings is 1. The minimum absolute atomic E-state index is 0.0260. The van der Waals surface area contributed by atoms with Crippen molar-refractivity contribution in [1.82, 2.24) is 20.6 Å². The summed E-state index contributed by atoms with van der Waals surface area (Å²) in [6.45, 7) is 11.3. The van der Waals surface area contributed by atoms with Crippen molar-refractivity contribution >= 4 is 17.9 Å². The lowest BCUT2D eigenvalue weighted by Gasteiger charge is -2.27. The molecule has 1 aliphatic heterocycles. The number of carbonyl (C=O) groups is 2. The molecule has 6 heteroatoms. The van der Waals surface area contributed by atoms with Gasteiger partial charge in [-0.3, -0.25) is 9.59 Å². The number of nitrogens with zero attached hydrogens (tertiary/aromatic N) is 1. The van der Waals surface area contributed by atoms with Crippen molar-refractivity contribution in [2.75, 3.05) is 0 Å². The molecule has 0 saturated carbocycles. The lowest BCUT2D eigenvalue weighted by molar-refractivity contribution is -0.132. The molecule has 23 heavy (non-hydrogen) atoms. The Morgan fingerprint density at radius 2 is 2.09 bits per heavy atom. The van der Waals surface area contributed by atoms with Crippen LogP contribution < -0.4 is 10.6 Å². The van der Waals surface area contributed by atoms with Gasteiger partial charge in [0, 0.05) is 5.41 Å². The van der Waals surface area contributed by atoms with E-state index in [4.69, 9.17) is 0 Å². The lowest BCUT2D eigenvalue weighted by atomic mass is 9.87. The van der Waals surface area contributed by atoms with Gasteiger partial charge < -0.3 is 15.6 Å². The standard InChI is InChI=1S/C17H22N4O2/c1-6-7-17(4,5)14-11(18-9-19-14)8-12-15(22)21-13(10(2)3)16(23)20-12/h7-10,13H,1H2,2-5H3,(H,18,19)(H,20,23)(H,21,22)/b12-8-/t13-/m0/s1. The summed E-state index contributed by atoms with van der Waals surface area (Å²) in [5.41, 5.74) is 3.99. The molecule has 0 aliphatic carbocycles. The van der Waals surface area contributed by atoms with Crippen molar-refractivity contribution in [2.24, 2.45) is 5.92 Å². The van der Waals surface area contributed by atoms with E-state index >= 15 is 0 Å². The molecule has 0 radical (unpaired) electrons. The van der Waals surface area contributed by atoms with Crippen LogP contribution in [0.2, 0.25) is 0 Å². The van der Waals surface area contributed by atoms with Gasteiger partial charge in [-0.15, -0.1) is 5.73 Å². The largest absolute Gasteiger partial charge is 0.347 e. The Morgan fingerprint density at radius 1 is 1.39 bits per heavy atom. The molecule has 1 saturated heterocycles. The van der Waals surface area contributed by atoms with E-state index in [1.807, 2.05) is 33.8 Å². The van der Waals surface area contributed by atoms with Gasteiger partial charge in [0.25, 0.3) is 5.91 Å². The number of allylic oxidation sites excluding steroid dienone is 1. The van der Waals surface area contributed by atoms with Crippen molar-refractivity contribution in [2.45, 2.75) is 39.2 Å². The van der Waals surface area contributed by atoms with E-state index in [1.54, 1.807) is 12.4 Å². The van der Waals surface area contributed by atoms with Crippen LogP contribution in [0.3, 0.4) is 0 Å². The first kappa shape index (κ1) is 16.8. The molecule has 2 rings (SSSR count). The normalized spacial score (nSPS) is 20.2. The monoisotopic (exact) mass is 314 g/mol. The Balaban J connectivity index is 2.34. The maximum Gasteiger partial charge on any atom is 0.268 e. The molecule has 122 valence electrons. The smallest absolute Gasteiger partial charge is 0.268 e. The third-order valence-electron chi connectivity index (χ3n) is 3.80. The van der Waals surface area contributed by atoms with Crippen LogP contribution in [0.25, 0.3) is 6.08 Å². The summed E-state index contributed by atoms with van der Waals surface area (Å²) in [6, 6.07) is -0.515. The molecule has 1 aliphatic rings. The summed E-state index contributed by atoms with van der Waals surface area (Å²) in [5.74, 6) is -0.499. The highest BCUT2D eigenvalue weighted by Crippen LogP contribution is 2.26. The zero-order valence-corrected chi connectivity index (χ0v) is 13.9. The number of nitrogens with one attached hydrogen (secondary N) is 3.